The van der Waals surface area contributed by atoms with Gasteiger partial charge in [-0.25, -0.2) is 19.1 Å². The molecule has 37 heavy (non-hydrogen) atoms. The third kappa shape index (κ3) is 6.18. The first-order valence-corrected chi connectivity index (χ1v) is 14.1. The van der Waals surface area contributed by atoms with Gasteiger partial charge in [0, 0.05) is 42.2 Å². The number of carbonyl (C=O) groups is 2. The van der Waals surface area contributed by atoms with Crippen LogP contribution in [0.3, 0.4) is 0 Å². The number of halogens is 1. The third-order valence-electron chi connectivity index (χ3n) is 6.50. The van der Waals surface area contributed by atoms with E-state index in [-0.39, 0.29) is 29.9 Å². The third-order valence-corrected chi connectivity index (χ3v) is 7.28. The number of hydrogen-bond donors (Lipinski definition) is 3. The molecule has 1 saturated heterocycles. The fourth-order valence-corrected chi connectivity index (χ4v) is 4.96. The number of ether oxygens (including phenoxy) is 1. The Labute approximate surface area is 229 Å². The Morgan fingerprint density at radius 1 is 1.19 bits per heavy atom. The van der Waals surface area contributed by atoms with E-state index >= 15 is 0 Å². The summed E-state index contributed by atoms with van der Waals surface area (Å²) in [6.45, 7) is 10.4. The number of aryl methyl sites for hydroxylation is 2. The number of benzene rings is 1. The summed E-state index contributed by atoms with van der Waals surface area (Å²) < 4.78 is 10.3. The van der Waals surface area contributed by atoms with Crippen molar-refractivity contribution in [2.45, 2.75) is 37.9 Å². The van der Waals surface area contributed by atoms with Crippen LogP contribution in [0, 0.1) is 0 Å². The number of nitrogens with one attached hydrogen (secondary N) is 2. The SMILES string of the molecule is CCn1c(CNC(=O)c2nc(CI)cnc2N)[n+](CC)c2ccc(C(=O)NCCN3CCOCC3)cc21. The van der Waals surface area contributed by atoms with E-state index < -0.39 is 0 Å². The molecule has 0 unspecified atom stereocenters. The van der Waals surface area contributed by atoms with Crippen LogP contribution in [0.25, 0.3) is 11.0 Å². The van der Waals surface area contributed by atoms with Crippen molar-refractivity contribution in [2.24, 2.45) is 0 Å². The molecule has 3 aromatic rings. The number of anilines is 1. The maximum Gasteiger partial charge on any atom is 0.277 e. The maximum absolute atomic E-state index is 12.9. The molecule has 1 aliphatic heterocycles. The standard InChI is InChI=1S/C25H33IN8O3/c1-3-33-19-6-5-17(24(35)28-7-8-32-9-11-37-12-10-32)13-20(19)34(4-2)21(33)16-30-25(36)22-23(27)29-15-18(14-26)31-22/h5-6,13,15H,3-4,7-12,14,16H2,1-2H3,(H3-,27,28,29,30,35,36)/p+1. The number of aromatic nitrogens is 4. The molecule has 3 heterocycles. The first kappa shape index (κ1) is 27.2. The van der Waals surface area contributed by atoms with Crippen molar-refractivity contribution in [3.63, 3.8) is 0 Å². The van der Waals surface area contributed by atoms with Gasteiger partial charge >= 0.3 is 0 Å². The van der Waals surface area contributed by atoms with E-state index in [1.165, 1.54) is 0 Å². The van der Waals surface area contributed by atoms with Crippen LogP contribution in [0.15, 0.2) is 24.4 Å². The number of morpholine rings is 1. The molecule has 11 nitrogen and oxygen atoms in total. The predicted octanol–water partition coefficient (Wildman–Crippen LogP) is 1.27. The lowest BCUT2D eigenvalue weighted by atomic mass is 10.2. The number of rotatable bonds is 10. The highest BCUT2D eigenvalue weighted by atomic mass is 127. The van der Waals surface area contributed by atoms with Crippen molar-refractivity contribution in [1.82, 2.24) is 30.1 Å². The van der Waals surface area contributed by atoms with Crippen molar-refractivity contribution >= 4 is 51.3 Å². The minimum Gasteiger partial charge on any atom is -0.382 e. The summed E-state index contributed by atoms with van der Waals surface area (Å²) >= 11 is 2.17. The Balaban J connectivity index is 1.51. The van der Waals surface area contributed by atoms with E-state index in [0.717, 1.165) is 49.7 Å². The molecule has 0 spiro atoms. The van der Waals surface area contributed by atoms with Crippen LogP contribution in [-0.2, 0) is 28.8 Å². The Morgan fingerprint density at radius 2 is 1.97 bits per heavy atom. The summed E-state index contributed by atoms with van der Waals surface area (Å²) in [6, 6.07) is 5.75. The first-order chi connectivity index (χ1) is 18.0. The Hall–Kier alpha value is -2.84. The van der Waals surface area contributed by atoms with Gasteiger partial charge in [-0.2, -0.15) is 0 Å². The molecule has 4 rings (SSSR count). The molecule has 0 radical (unpaired) electrons. The van der Waals surface area contributed by atoms with E-state index in [1.807, 2.05) is 25.1 Å². The normalized spacial score (nSPS) is 14.1. The smallest absolute Gasteiger partial charge is 0.277 e. The molecule has 12 heteroatoms. The molecule has 1 aromatic carbocycles. The number of hydrogen-bond acceptors (Lipinski definition) is 7. The van der Waals surface area contributed by atoms with Crippen LogP contribution in [-0.4, -0.2) is 70.6 Å². The average molecular weight is 622 g/mol. The highest BCUT2D eigenvalue weighted by Gasteiger charge is 2.25. The molecule has 0 bridgehead atoms. The van der Waals surface area contributed by atoms with E-state index in [4.69, 9.17) is 10.5 Å². The molecule has 0 saturated carbocycles. The predicted molar refractivity (Wildman–Crippen MR) is 148 cm³/mol. The van der Waals surface area contributed by atoms with Gasteiger partial charge in [0.1, 0.15) is 6.54 Å². The van der Waals surface area contributed by atoms with Gasteiger partial charge in [0.15, 0.2) is 22.5 Å². The summed E-state index contributed by atoms with van der Waals surface area (Å²) in [6.07, 6.45) is 1.58. The minimum atomic E-state index is -0.368. The molecule has 1 fully saturated rings. The van der Waals surface area contributed by atoms with Crippen molar-refractivity contribution in [1.29, 1.82) is 0 Å². The Kier molecular flexibility index (Phi) is 9.27. The van der Waals surface area contributed by atoms with Gasteiger partial charge in [-0.3, -0.25) is 14.5 Å². The molecule has 0 atom stereocenters. The topological polar surface area (TPSA) is 131 Å². The molecule has 198 valence electrons. The maximum atomic E-state index is 12.9. The van der Waals surface area contributed by atoms with Crippen molar-refractivity contribution in [2.75, 3.05) is 45.1 Å². The summed E-state index contributed by atoms with van der Waals surface area (Å²) in [7, 11) is 0. The van der Waals surface area contributed by atoms with Crippen LogP contribution in [0.1, 0.15) is 46.2 Å². The second-order valence-electron chi connectivity index (χ2n) is 8.73. The summed E-state index contributed by atoms with van der Waals surface area (Å²) in [4.78, 5) is 36.5. The zero-order valence-electron chi connectivity index (χ0n) is 21.3. The van der Waals surface area contributed by atoms with Crippen LogP contribution < -0.4 is 20.9 Å². The van der Waals surface area contributed by atoms with E-state index in [1.54, 1.807) is 6.20 Å². The van der Waals surface area contributed by atoms with Gasteiger partial charge in [-0.1, -0.05) is 22.6 Å². The van der Waals surface area contributed by atoms with E-state index in [9.17, 15) is 9.59 Å². The molecule has 2 aromatic heterocycles. The zero-order chi connectivity index (χ0) is 26.4. The van der Waals surface area contributed by atoms with Crippen molar-refractivity contribution < 1.29 is 18.9 Å². The monoisotopic (exact) mass is 621 g/mol. The fourth-order valence-electron chi connectivity index (χ4n) is 4.59. The van der Waals surface area contributed by atoms with Gasteiger partial charge in [0.25, 0.3) is 17.6 Å². The van der Waals surface area contributed by atoms with Crippen LogP contribution in [0.4, 0.5) is 5.82 Å². The lowest BCUT2D eigenvalue weighted by Gasteiger charge is -2.26. The van der Waals surface area contributed by atoms with Gasteiger partial charge in [-0.05, 0) is 26.0 Å². The van der Waals surface area contributed by atoms with Crippen molar-refractivity contribution in [3.05, 3.63) is 47.2 Å². The lowest BCUT2D eigenvalue weighted by molar-refractivity contribution is -0.676. The molecule has 4 N–H and O–H groups in total. The number of nitrogens with zero attached hydrogens (tertiary/aromatic N) is 5. The van der Waals surface area contributed by atoms with E-state index in [2.05, 4.69) is 64.2 Å². The molecule has 0 aliphatic carbocycles. The number of imidazole rings is 1. The highest BCUT2D eigenvalue weighted by Crippen LogP contribution is 2.18. The van der Waals surface area contributed by atoms with Gasteiger partial charge < -0.3 is 21.1 Å². The number of alkyl halides is 1. The van der Waals surface area contributed by atoms with Gasteiger partial charge in [0.2, 0.25) is 0 Å². The fraction of sp³-hybridized carbons (Fsp3) is 0.480. The minimum absolute atomic E-state index is 0.0962. The largest absolute Gasteiger partial charge is 0.382 e. The average Bonchev–Trinajstić information content (AvgIpc) is 3.24. The molecule has 1 aliphatic rings. The van der Waals surface area contributed by atoms with Gasteiger partial charge in [0.05, 0.1) is 38.2 Å². The molecular weight excluding hydrogens is 587 g/mol. The lowest BCUT2D eigenvalue weighted by Crippen LogP contribution is -2.41. The summed E-state index contributed by atoms with van der Waals surface area (Å²) in [5, 5.41) is 5.99. The second kappa shape index (κ2) is 12.6. The number of nitrogens with two attached hydrogens (primary N) is 1. The Morgan fingerprint density at radius 3 is 2.68 bits per heavy atom. The number of carbonyl (C=O) groups excluding carboxylic acids is 2. The van der Waals surface area contributed by atoms with Gasteiger partial charge in [-0.15, -0.1) is 0 Å². The number of fused-ring (bicyclic) bond motifs is 1. The molecule has 2 amide bonds. The van der Waals surface area contributed by atoms with Crippen LogP contribution in [0.2, 0.25) is 0 Å². The zero-order valence-corrected chi connectivity index (χ0v) is 23.5. The molecular formula is C25H34IN8O3+. The van der Waals surface area contributed by atoms with Crippen molar-refractivity contribution in [3.8, 4) is 0 Å². The van der Waals surface area contributed by atoms with E-state index in [0.29, 0.717) is 35.3 Å². The quantitative estimate of drug-likeness (QED) is 0.177. The van der Waals surface area contributed by atoms with Crippen LogP contribution in [0.5, 0.6) is 0 Å². The number of nitrogen functional groups attached to an aromatic ring is 1. The van der Waals surface area contributed by atoms with Crippen LogP contribution >= 0.6 is 22.6 Å². The summed E-state index contributed by atoms with van der Waals surface area (Å²) in [5.74, 6) is 0.568. The second-order valence-corrected chi connectivity index (χ2v) is 9.49. The highest BCUT2D eigenvalue weighted by molar-refractivity contribution is 14.1. The Bertz CT molecular complexity index is 1270. The summed E-state index contributed by atoms with van der Waals surface area (Å²) in [5.41, 5.74) is 9.30. The first-order valence-electron chi connectivity index (χ1n) is 12.6. The number of amides is 2.